The minimum Gasteiger partial charge on any atom is -0.392 e. The number of aryl methyl sites for hydroxylation is 1. The van der Waals surface area contributed by atoms with Crippen LogP contribution in [0.3, 0.4) is 0 Å². The van der Waals surface area contributed by atoms with Crippen molar-refractivity contribution in [3.63, 3.8) is 0 Å². The van der Waals surface area contributed by atoms with Gasteiger partial charge in [-0.15, -0.1) is 0 Å². The van der Waals surface area contributed by atoms with Gasteiger partial charge in [0.05, 0.1) is 18.1 Å². The Kier molecular flexibility index (Phi) is 4.80. The van der Waals surface area contributed by atoms with E-state index in [2.05, 4.69) is 0 Å². The summed E-state index contributed by atoms with van der Waals surface area (Å²) in [4.78, 5) is 0.246. The van der Waals surface area contributed by atoms with Crippen LogP contribution in [0, 0.1) is 6.92 Å². The van der Waals surface area contributed by atoms with Gasteiger partial charge in [-0.1, -0.05) is 6.07 Å². The third kappa shape index (κ3) is 3.20. The summed E-state index contributed by atoms with van der Waals surface area (Å²) in [5.41, 5.74) is 1.54. The van der Waals surface area contributed by atoms with E-state index in [0.29, 0.717) is 18.7 Å². The Morgan fingerprint density at radius 2 is 2.10 bits per heavy atom. The van der Waals surface area contributed by atoms with Crippen molar-refractivity contribution in [2.45, 2.75) is 37.3 Å². The molecule has 1 aliphatic carbocycles. The second-order valence-electron chi connectivity index (χ2n) is 5.09. The smallest absolute Gasteiger partial charge is 0.243 e. The molecule has 5 nitrogen and oxygen atoms in total. The molecule has 1 aromatic rings. The number of aliphatic hydroxyl groups excluding tert-OH is 1. The van der Waals surface area contributed by atoms with Crippen LogP contribution in [0.2, 0.25) is 0 Å². The number of sulfonamides is 1. The van der Waals surface area contributed by atoms with Crippen molar-refractivity contribution in [2.24, 2.45) is 0 Å². The van der Waals surface area contributed by atoms with Crippen molar-refractivity contribution >= 4 is 10.0 Å². The number of ether oxygens (including phenoxy) is 1. The predicted octanol–water partition coefficient (Wildman–Crippen LogP) is 1.29. The monoisotopic (exact) mass is 299 g/mol. The topological polar surface area (TPSA) is 66.8 Å². The standard InChI is InChI=1S/C14H21NO4S/c1-11-3-6-14(9-12(11)10-16)20(17,18)15(7-8-19-2)13-4-5-13/h3,6,9,13,16H,4-5,7-8,10H2,1-2H3. The Hall–Kier alpha value is -0.950. The van der Waals surface area contributed by atoms with Crippen LogP contribution < -0.4 is 0 Å². The van der Waals surface area contributed by atoms with Gasteiger partial charge in [0.15, 0.2) is 0 Å². The molecule has 1 saturated carbocycles. The number of aliphatic hydroxyl groups is 1. The van der Waals surface area contributed by atoms with Gasteiger partial charge in [-0.2, -0.15) is 4.31 Å². The largest absolute Gasteiger partial charge is 0.392 e. The first-order valence-electron chi connectivity index (χ1n) is 6.72. The van der Waals surface area contributed by atoms with Crippen LogP contribution in [0.1, 0.15) is 24.0 Å². The van der Waals surface area contributed by atoms with E-state index in [1.807, 2.05) is 6.92 Å². The van der Waals surface area contributed by atoms with E-state index in [1.54, 1.807) is 25.3 Å². The molecule has 1 aliphatic rings. The normalized spacial score (nSPS) is 15.8. The lowest BCUT2D eigenvalue weighted by atomic mass is 10.1. The average Bonchev–Trinajstić information content (AvgIpc) is 3.24. The fourth-order valence-electron chi connectivity index (χ4n) is 2.16. The van der Waals surface area contributed by atoms with E-state index in [9.17, 15) is 13.5 Å². The van der Waals surface area contributed by atoms with Crippen molar-refractivity contribution in [2.75, 3.05) is 20.3 Å². The van der Waals surface area contributed by atoms with Gasteiger partial charge >= 0.3 is 0 Å². The molecule has 1 N–H and O–H groups in total. The maximum atomic E-state index is 12.7. The molecule has 112 valence electrons. The first-order chi connectivity index (χ1) is 9.50. The van der Waals surface area contributed by atoms with Crippen molar-refractivity contribution in [1.82, 2.24) is 4.31 Å². The van der Waals surface area contributed by atoms with Crippen LogP contribution in [0.5, 0.6) is 0 Å². The van der Waals surface area contributed by atoms with Gasteiger partial charge in [0.1, 0.15) is 0 Å². The number of methoxy groups -OCH3 is 1. The van der Waals surface area contributed by atoms with E-state index in [4.69, 9.17) is 4.74 Å². The molecule has 20 heavy (non-hydrogen) atoms. The van der Waals surface area contributed by atoms with Gasteiger partial charge in [-0.05, 0) is 43.0 Å². The van der Waals surface area contributed by atoms with Crippen molar-refractivity contribution < 1.29 is 18.3 Å². The third-order valence-electron chi connectivity index (χ3n) is 3.57. The third-order valence-corrected chi connectivity index (χ3v) is 5.52. The Balaban J connectivity index is 2.32. The fourth-order valence-corrected chi connectivity index (χ4v) is 3.88. The van der Waals surface area contributed by atoms with Gasteiger partial charge in [0, 0.05) is 19.7 Å². The molecule has 0 saturated heterocycles. The molecular formula is C14H21NO4S. The average molecular weight is 299 g/mol. The maximum Gasteiger partial charge on any atom is 0.243 e. The molecule has 0 aliphatic heterocycles. The summed E-state index contributed by atoms with van der Waals surface area (Å²) in [6.45, 7) is 2.45. The van der Waals surface area contributed by atoms with Crippen LogP contribution >= 0.6 is 0 Å². The molecule has 0 radical (unpaired) electrons. The maximum absolute atomic E-state index is 12.7. The van der Waals surface area contributed by atoms with Crippen LogP contribution in [-0.2, 0) is 21.4 Å². The van der Waals surface area contributed by atoms with Crippen LogP contribution in [0.25, 0.3) is 0 Å². The van der Waals surface area contributed by atoms with Gasteiger partial charge in [0.25, 0.3) is 0 Å². The second kappa shape index (κ2) is 6.22. The van der Waals surface area contributed by atoms with E-state index in [1.165, 1.54) is 4.31 Å². The minimum absolute atomic E-state index is 0.0917. The lowest BCUT2D eigenvalue weighted by Gasteiger charge is -2.22. The lowest BCUT2D eigenvalue weighted by molar-refractivity contribution is 0.177. The SMILES string of the molecule is COCCN(C1CC1)S(=O)(=O)c1ccc(C)c(CO)c1. The predicted molar refractivity (Wildman–Crippen MR) is 75.9 cm³/mol. The lowest BCUT2D eigenvalue weighted by Crippen LogP contribution is -2.35. The zero-order valence-electron chi connectivity index (χ0n) is 11.9. The Labute approximate surface area is 120 Å². The highest BCUT2D eigenvalue weighted by Crippen LogP contribution is 2.32. The fraction of sp³-hybridized carbons (Fsp3) is 0.571. The molecule has 6 heteroatoms. The number of hydrogen-bond donors (Lipinski definition) is 1. The van der Waals surface area contributed by atoms with Gasteiger partial charge in [-0.25, -0.2) is 8.42 Å². The number of nitrogens with zero attached hydrogens (tertiary/aromatic N) is 1. The summed E-state index contributed by atoms with van der Waals surface area (Å²) in [6.07, 6.45) is 1.81. The Bertz CT molecular complexity index is 567. The Morgan fingerprint density at radius 3 is 2.65 bits per heavy atom. The second-order valence-corrected chi connectivity index (χ2v) is 6.98. The molecule has 0 aromatic heterocycles. The minimum atomic E-state index is -3.52. The van der Waals surface area contributed by atoms with Gasteiger partial charge in [0.2, 0.25) is 10.0 Å². The quantitative estimate of drug-likeness (QED) is 0.824. The summed E-state index contributed by atoms with van der Waals surface area (Å²) in [5, 5.41) is 9.28. The highest BCUT2D eigenvalue weighted by Gasteiger charge is 2.37. The number of hydrogen-bond acceptors (Lipinski definition) is 4. The van der Waals surface area contributed by atoms with Crippen LogP contribution in [0.4, 0.5) is 0 Å². The van der Waals surface area contributed by atoms with Crippen molar-refractivity contribution in [3.05, 3.63) is 29.3 Å². The van der Waals surface area contributed by atoms with Crippen molar-refractivity contribution in [3.8, 4) is 0 Å². The summed E-state index contributed by atoms with van der Waals surface area (Å²) < 4.78 is 31.9. The van der Waals surface area contributed by atoms with Crippen LogP contribution in [0.15, 0.2) is 23.1 Å². The highest BCUT2D eigenvalue weighted by atomic mass is 32.2. The molecule has 0 heterocycles. The molecular weight excluding hydrogens is 278 g/mol. The highest BCUT2D eigenvalue weighted by molar-refractivity contribution is 7.89. The summed E-state index contributed by atoms with van der Waals surface area (Å²) in [6, 6.07) is 4.99. The zero-order chi connectivity index (χ0) is 14.8. The molecule has 1 fully saturated rings. The first-order valence-corrected chi connectivity index (χ1v) is 8.16. The molecule has 2 rings (SSSR count). The van der Waals surface area contributed by atoms with Crippen LogP contribution in [-0.4, -0.2) is 44.1 Å². The molecule has 0 atom stereocenters. The Morgan fingerprint density at radius 1 is 1.40 bits per heavy atom. The number of benzene rings is 1. The molecule has 1 aromatic carbocycles. The van der Waals surface area contributed by atoms with Gasteiger partial charge in [-0.3, -0.25) is 0 Å². The zero-order valence-corrected chi connectivity index (χ0v) is 12.7. The van der Waals surface area contributed by atoms with E-state index in [-0.39, 0.29) is 17.5 Å². The summed E-state index contributed by atoms with van der Waals surface area (Å²) in [7, 11) is -1.95. The molecule has 0 unspecified atom stereocenters. The summed E-state index contributed by atoms with van der Waals surface area (Å²) >= 11 is 0. The van der Waals surface area contributed by atoms with E-state index >= 15 is 0 Å². The van der Waals surface area contributed by atoms with Gasteiger partial charge < -0.3 is 9.84 Å². The first kappa shape index (κ1) is 15.4. The molecule has 0 amide bonds. The molecule has 0 bridgehead atoms. The van der Waals surface area contributed by atoms with E-state index < -0.39 is 10.0 Å². The van der Waals surface area contributed by atoms with Crippen molar-refractivity contribution in [1.29, 1.82) is 0 Å². The summed E-state index contributed by atoms with van der Waals surface area (Å²) in [5.74, 6) is 0. The molecule has 0 spiro atoms. The van der Waals surface area contributed by atoms with E-state index in [0.717, 1.165) is 18.4 Å². The number of rotatable bonds is 7.